The summed E-state index contributed by atoms with van der Waals surface area (Å²) in [4.78, 5) is 26.1. The van der Waals surface area contributed by atoms with E-state index >= 15 is 0 Å². The number of hydrogen-bond acceptors (Lipinski definition) is 3. The maximum atomic E-state index is 12.3. The van der Waals surface area contributed by atoms with E-state index in [1.807, 2.05) is 36.9 Å². The van der Waals surface area contributed by atoms with Crippen LogP contribution in [-0.2, 0) is 16.0 Å². The van der Waals surface area contributed by atoms with Gasteiger partial charge in [-0.05, 0) is 56.0 Å². The zero-order chi connectivity index (χ0) is 20.3. The molecule has 0 aliphatic carbocycles. The van der Waals surface area contributed by atoms with Crippen LogP contribution in [0.5, 0.6) is 5.75 Å². The van der Waals surface area contributed by atoms with Crippen molar-refractivity contribution in [3.63, 3.8) is 0 Å². The number of nitrogens with one attached hydrogen (secondary N) is 1. The fourth-order valence-electron chi connectivity index (χ4n) is 3.64. The minimum Gasteiger partial charge on any atom is -0.484 e. The Morgan fingerprint density at radius 3 is 2.54 bits per heavy atom. The van der Waals surface area contributed by atoms with Crippen LogP contribution >= 0.6 is 0 Å². The second-order valence-corrected chi connectivity index (χ2v) is 7.65. The van der Waals surface area contributed by atoms with Crippen LogP contribution in [-0.4, -0.2) is 35.9 Å². The molecule has 0 saturated heterocycles. The summed E-state index contributed by atoms with van der Waals surface area (Å²) in [6.07, 6.45) is 0.811. The number of fused-ring (bicyclic) bond motifs is 1. The van der Waals surface area contributed by atoms with Crippen molar-refractivity contribution in [3.05, 3.63) is 64.7 Å². The molecule has 2 aromatic rings. The van der Waals surface area contributed by atoms with E-state index in [1.54, 1.807) is 6.92 Å². The number of benzene rings is 2. The molecule has 5 heteroatoms. The Labute approximate surface area is 166 Å². The van der Waals surface area contributed by atoms with Crippen molar-refractivity contribution in [1.82, 2.24) is 10.2 Å². The summed E-state index contributed by atoms with van der Waals surface area (Å²) in [6.45, 7) is 8.16. The number of nitrogens with zero attached hydrogens (tertiary/aromatic N) is 1. The molecular formula is C23H28N2O3. The molecule has 0 bridgehead atoms. The molecule has 148 valence electrons. The molecule has 1 aliphatic heterocycles. The van der Waals surface area contributed by atoms with E-state index in [2.05, 4.69) is 36.5 Å². The molecule has 0 aromatic heterocycles. The van der Waals surface area contributed by atoms with E-state index in [-0.39, 0.29) is 30.5 Å². The van der Waals surface area contributed by atoms with Gasteiger partial charge in [-0.3, -0.25) is 9.59 Å². The van der Waals surface area contributed by atoms with E-state index in [0.29, 0.717) is 12.3 Å². The summed E-state index contributed by atoms with van der Waals surface area (Å²) in [5, 5.41) is 2.82. The smallest absolute Gasteiger partial charge is 0.258 e. The number of hydrogen-bond donors (Lipinski definition) is 1. The van der Waals surface area contributed by atoms with Crippen LogP contribution in [0, 0.1) is 6.92 Å². The molecule has 2 aromatic carbocycles. The number of ether oxygens (including phenoxy) is 1. The Balaban J connectivity index is 1.90. The van der Waals surface area contributed by atoms with E-state index in [0.717, 1.165) is 17.5 Å². The van der Waals surface area contributed by atoms with Crippen molar-refractivity contribution in [1.29, 1.82) is 0 Å². The van der Waals surface area contributed by atoms with Gasteiger partial charge in [0.15, 0.2) is 6.61 Å². The van der Waals surface area contributed by atoms with Crippen LogP contribution in [0.1, 0.15) is 49.1 Å². The molecule has 5 nitrogen and oxygen atoms in total. The molecule has 1 unspecified atom stereocenters. The summed E-state index contributed by atoms with van der Waals surface area (Å²) in [5.74, 6) is 0.548. The molecule has 0 fully saturated rings. The average molecular weight is 380 g/mol. The first-order valence-corrected chi connectivity index (χ1v) is 9.74. The van der Waals surface area contributed by atoms with Gasteiger partial charge in [-0.25, -0.2) is 0 Å². The first-order valence-electron chi connectivity index (χ1n) is 9.74. The standard InChI is InChI=1S/C23H28N2O3/c1-15(2)24-22(27)14-28-20-10-9-18-11-12-25(17(4)26)23(21(18)13-20)19-7-5-16(3)6-8-19/h5-10,13,15,23H,11-12,14H2,1-4H3,(H,24,27). The summed E-state index contributed by atoms with van der Waals surface area (Å²) >= 11 is 0. The Morgan fingerprint density at radius 1 is 1.18 bits per heavy atom. The van der Waals surface area contributed by atoms with Gasteiger partial charge in [0.05, 0.1) is 6.04 Å². The lowest BCUT2D eigenvalue weighted by molar-refractivity contribution is -0.130. The van der Waals surface area contributed by atoms with E-state index in [4.69, 9.17) is 4.74 Å². The van der Waals surface area contributed by atoms with Gasteiger partial charge in [-0.1, -0.05) is 35.9 Å². The summed E-state index contributed by atoms with van der Waals surface area (Å²) in [5.41, 5.74) is 4.54. The van der Waals surface area contributed by atoms with Crippen LogP contribution in [0.4, 0.5) is 0 Å². The van der Waals surface area contributed by atoms with Crippen molar-refractivity contribution in [2.75, 3.05) is 13.2 Å². The van der Waals surface area contributed by atoms with Gasteiger partial charge in [0, 0.05) is 19.5 Å². The Morgan fingerprint density at radius 2 is 1.89 bits per heavy atom. The van der Waals surface area contributed by atoms with E-state index in [1.165, 1.54) is 11.1 Å². The largest absolute Gasteiger partial charge is 0.484 e. The SMILES string of the molecule is CC(=O)N1CCc2ccc(OCC(=O)NC(C)C)cc2C1c1ccc(C)cc1. The van der Waals surface area contributed by atoms with Gasteiger partial charge in [0.2, 0.25) is 5.91 Å². The maximum absolute atomic E-state index is 12.3. The monoisotopic (exact) mass is 380 g/mol. The summed E-state index contributed by atoms with van der Waals surface area (Å²) in [7, 11) is 0. The topological polar surface area (TPSA) is 58.6 Å². The zero-order valence-corrected chi connectivity index (χ0v) is 17.0. The predicted octanol–water partition coefficient (Wildman–Crippen LogP) is 3.39. The second-order valence-electron chi connectivity index (χ2n) is 7.65. The van der Waals surface area contributed by atoms with Crippen molar-refractivity contribution in [2.24, 2.45) is 0 Å². The van der Waals surface area contributed by atoms with Gasteiger partial charge in [0.1, 0.15) is 5.75 Å². The molecule has 1 atom stereocenters. The van der Waals surface area contributed by atoms with Crippen LogP contribution in [0.2, 0.25) is 0 Å². The number of aryl methyl sites for hydroxylation is 1. The quantitative estimate of drug-likeness (QED) is 0.865. The average Bonchev–Trinajstić information content (AvgIpc) is 2.65. The van der Waals surface area contributed by atoms with Crippen LogP contribution in [0.15, 0.2) is 42.5 Å². The predicted molar refractivity (Wildman–Crippen MR) is 109 cm³/mol. The first kappa shape index (κ1) is 19.9. The van der Waals surface area contributed by atoms with Gasteiger partial charge >= 0.3 is 0 Å². The minimum atomic E-state index is -0.145. The first-order chi connectivity index (χ1) is 13.3. The van der Waals surface area contributed by atoms with Gasteiger partial charge in [0.25, 0.3) is 5.91 Å². The Hall–Kier alpha value is -2.82. The molecule has 0 radical (unpaired) electrons. The third-order valence-corrected chi connectivity index (χ3v) is 4.96. The molecule has 3 rings (SSSR count). The van der Waals surface area contributed by atoms with Crippen molar-refractivity contribution >= 4 is 11.8 Å². The van der Waals surface area contributed by atoms with Gasteiger partial charge < -0.3 is 15.0 Å². The van der Waals surface area contributed by atoms with Crippen molar-refractivity contribution < 1.29 is 14.3 Å². The Kier molecular flexibility index (Phi) is 6.02. The second kappa shape index (κ2) is 8.46. The highest BCUT2D eigenvalue weighted by Crippen LogP contribution is 2.37. The van der Waals surface area contributed by atoms with Gasteiger partial charge in [-0.2, -0.15) is 0 Å². The van der Waals surface area contributed by atoms with Crippen molar-refractivity contribution in [2.45, 2.75) is 46.2 Å². The highest BCUT2D eigenvalue weighted by Gasteiger charge is 2.30. The summed E-state index contributed by atoms with van der Waals surface area (Å²) < 4.78 is 5.72. The lowest BCUT2D eigenvalue weighted by atomic mass is 9.87. The number of amides is 2. The van der Waals surface area contributed by atoms with Crippen LogP contribution < -0.4 is 10.1 Å². The third kappa shape index (κ3) is 4.53. The van der Waals surface area contributed by atoms with Crippen LogP contribution in [0.25, 0.3) is 0 Å². The number of carbonyl (C=O) groups excluding carboxylic acids is 2. The zero-order valence-electron chi connectivity index (χ0n) is 17.0. The lowest BCUT2D eigenvalue weighted by Crippen LogP contribution is -2.39. The maximum Gasteiger partial charge on any atom is 0.258 e. The fourth-order valence-corrected chi connectivity index (χ4v) is 3.64. The number of carbonyl (C=O) groups is 2. The normalized spacial score (nSPS) is 15.9. The molecule has 1 aliphatic rings. The van der Waals surface area contributed by atoms with Crippen LogP contribution in [0.3, 0.4) is 0 Å². The lowest BCUT2D eigenvalue weighted by Gasteiger charge is -2.37. The minimum absolute atomic E-state index is 0.0252. The molecule has 28 heavy (non-hydrogen) atoms. The molecule has 2 amide bonds. The fraction of sp³-hybridized carbons (Fsp3) is 0.391. The molecule has 0 spiro atoms. The van der Waals surface area contributed by atoms with Crippen molar-refractivity contribution in [3.8, 4) is 5.75 Å². The highest BCUT2D eigenvalue weighted by atomic mass is 16.5. The number of rotatable bonds is 5. The van der Waals surface area contributed by atoms with E-state index in [9.17, 15) is 9.59 Å². The molecule has 1 N–H and O–H groups in total. The van der Waals surface area contributed by atoms with Gasteiger partial charge in [-0.15, -0.1) is 0 Å². The molecular weight excluding hydrogens is 352 g/mol. The molecule has 1 heterocycles. The summed E-state index contributed by atoms with van der Waals surface area (Å²) in [6, 6.07) is 14.1. The highest BCUT2D eigenvalue weighted by molar-refractivity contribution is 5.78. The molecule has 0 saturated carbocycles. The third-order valence-electron chi connectivity index (χ3n) is 4.96. The Bertz CT molecular complexity index is 859. The van der Waals surface area contributed by atoms with E-state index < -0.39 is 0 Å².